The molecule has 1 fully saturated rings. The lowest BCUT2D eigenvalue weighted by atomic mass is 9.95. The van der Waals surface area contributed by atoms with Crippen molar-refractivity contribution in [2.75, 3.05) is 24.7 Å². The molecule has 0 spiro atoms. The van der Waals surface area contributed by atoms with Gasteiger partial charge in [-0.2, -0.15) is 0 Å². The smallest absolute Gasteiger partial charge is 0.227 e. The van der Waals surface area contributed by atoms with E-state index in [2.05, 4.69) is 5.32 Å². The third kappa shape index (κ3) is 2.98. The van der Waals surface area contributed by atoms with Gasteiger partial charge >= 0.3 is 0 Å². The molecule has 0 saturated heterocycles. The van der Waals surface area contributed by atoms with Crippen molar-refractivity contribution in [2.45, 2.75) is 19.3 Å². The third-order valence-corrected chi connectivity index (χ3v) is 3.82. The molecule has 1 aromatic carbocycles. The number of anilines is 2. The molecule has 5 heteroatoms. The number of nitrogens with two attached hydrogens (primary N) is 2. The molecule has 5 N–H and O–H groups in total. The zero-order valence-electron chi connectivity index (χ0n) is 11.2. The minimum absolute atomic E-state index is 0.00407. The maximum absolute atomic E-state index is 12.3. The normalized spacial score (nSPS) is 22.2. The van der Waals surface area contributed by atoms with Crippen LogP contribution in [0.4, 0.5) is 11.4 Å². The second-order valence-corrected chi connectivity index (χ2v) is 4.98. The summed E-state index contributed by atoms with van der Waals surface area (Å²) >= 11 is 0. The minimum Gasteiger partial charge on any atom is -0.497 e. The largest absolute Gasteiger partial charge is 0.497 e. The number of carbonyl (C=O) groups excluding carboxylic acids is 1. The van der Waals surface area contributed by atoms with Gasteiger partial charge in [-0.05, 0) is 37.4 Å². The molecule has 5 nitrogen and oxygen atoms in total. The first-order valence-electron chi connectivity index (χ1n) is 6.60. The van der Waals surface area contributed by atoms with Crippen molar-refractivity contribution in [3.05, 3.63) is 18.2 Å². The molecule has 1 aliphatic rings. The van der Waals surface area contributed by atoms with Crippen LogP contribution >= 0.6 is 0 Å². The number of nitrogen functional groups attached to an aromatic ring is 1. The molecule has 0 bridgehead atoms. The summed E-state index contributed by atoms with van der Waals surface area (Å²) < 4.78 is 5.13. The fraction of sp³-hybridized carbons (Fsp3) is 0.500. The molecule has 104 valence electrons. The number of rotatable bonds is 4. The number of carbonyl (C=O) groups is 1. The standard InChI is InChI=1S/C14H21N3O2/c1-19-10-5-6-12(16)13(7-10)17-14(18)11-4-2-3-9(11)8-15/h5-7,9,11H,2-4,8,15-16H2,1H3,(H,17,18)/t9-,11-/m1/s1. The molecule has 19 heavy (non-hydrogen) atoms. The lowest BCUT2D eigenvalue weighted by molar-refractivity contribution is -0.120. The van der Waals surface area contributed by atoms with E-state index >= 15 is 0 Å². The second kappa shape index (κ2) is 5.93. The Hall–Kier alpha value is -1.75. The minimum atomic E-state index is -0.00407. The van der Waals surface area contributed by atoms with Crippen LogP contribution in [0.2, 0.25) is 0 Å². The number of nitrogens with one attached hydrogen (secondary N) is 1. The molecule has 1 aromatic rings. The van der Waals surface area contributed by atoms with Gasteiger partial charge in [0.15, 0.2) is 0 Å². The number of hydrogen-bond donors (Lipinski definition) is 3. The van der Waals surface area contributed by atoms with Crippen LogP contribution < -0.4 is 21.5 Å². The molecule has 0 aromatic heterocycles. The molecular weight excluding hydrogens is 242 g/mol. The summed E-state index contributed by atoms with van der Waals surface area (Å²) in [6.07, 6.45) is 2.99. The number of methoxy groups -OCH3 is 1. The predicted octanol–water partition coefficient (Wildman–Crippen LogP) is 1.59. The highest BCUT2D eigenvalue weighted by molar-refractivity contribution is 5.96. The highest BCUT2D eigenvalue weighted by Crippen LogP contribution is 2.33. The summed E-state index contributed by atoms with van der Waals surface area (Å²) in [5.74, 6) is 0.960. The Bertz CT molecular complexity index is 462. The fourth-order valence-corrected chi connectivity index (χ4v) is 2.66. The summed E-state index contributed by atoms with van der Waals surface area (Å²) in [5.41, 5.74) is 12.7. The van der Waals surface area contributed by atoms with Gasteiger partial charge in [0.05, 0.1) is 18.5 Å². The lowest BCUT2D eigenvalue weighted by Gasteiger charge is -2.18. The second-order valence-electron chi connectivity index (χ2n) is 4.98. The van der Waals surface area contributed by atoms with Gasteiger partial charge in [-0.25, -0.2) is 0 Å². The van der Waals surface area contributed by atoms with E-state index in [0.717, 1.165) is 19.3 Å². The third-order valence-electron chi connectivity index (χ3n) is 3.82. The van der Waals surface area contributed by atoms with Crippen LogP contribution in [0.1, 0.15) is 19.3 Å². The fourth-order valence-electron chi connectivity index (χ4n) is 2.66. The van der Waals surface area contributed by atoms with Gasteiger partial charge in [-0.1, -0.05) is 6.42 Å². The van der Waals surface area contributed by atoms with Crippen molar-refractivity contribution in [1.82, 2.24) is 0 Å². The topological polar surface area (TPSA) is 90.4 Å². The van der Waals surface area contributed by atoms with Crippen molar-refractivity contribution in [2.24, 2.45) is 17.6 Å². The predicted molar refractivity (Wildman–Crippen MR) is 75.9 cm³/mol. The van der Waals surface area contributed by atoms with Gasteiger partial charge in [0.25, 0.3) is 0 Å². The van der Waals surface area contributed by atoms with Gasteiger partial charge in [0.2, 0.25) is 5.91 Å². The Balaban J connectivity index is 2.10. The molecule has 0 heterocycles. The van der Waals surface area contributed by atoms with Crippen molar-refractivity contribution in [3.63, 3.8) is 0 Å². The van der Waals surface area contributed by atoms with E-state index < -0.39 is 0 Å². The number of amides is 1. The van der Waals surface area contributed by atoms with Gasteiger partial charge in [0, 0.05) is 12.0 Å². The van der Waals surface area contributed by atoms with E-state index in [1.807, 2.05) is 0 Å². The highest BCUT2D eigenvalue weighted by Gasteiger charge is 2.32. The van der Waals surface area contributed by atoms with E-state index in [1.54, 1.807) is 25.3 Å². The van der Waals surface area contributed by atoms with E-state index in [9.17, 15) is 4.79 Å². The maximum atomic E-state index is 12.3. The van der Waals surface area contributed by atoms with Gasteiger partial charge in [0.1, 0.15) is 5.75 Å². The van der Waals surface area contributed by atoms with E-state index in [-0.39, 0.29) is 17.7 Å². The quantitative estimate of drug-likeness (QED) is 0.719. The summed E-state index contributed by atoms with van der Waals surface area (Å²) in [5, 5.41) is 2.89. The zero-order valence-corrected chi connectivity index (χ0v) is 11.2. The van der Waals surface area contributed by atoms with Gasteiger partial charge < -0.3 is 21.5 Å². The molecule has 0 radical (unpaired) electrons. The summed E-state index contributed by atoms with van der Waals surface area (Å²) in [6.45, 7) is 0.561. The average molecular weight is 263 g/mol. The molecule has 1 amide bonds. The first-order chi connectivity index (χ1) is 9.15. The van der Waals surface area contributed by atoms with Crippen LogP contribution in [0, 0.1) is 11.8 Å². The van der Waals surface area contributed by atoms with Crippen molar-refractivity contribution in [3.8, 4) is 5.75 Å². The Morgan fingerprint density at radius 1 is 1.47 bits per heavy atom. The first kappa shape index (κ1) is 13.7. The number of benzene rings is 1. The first-order valence-corrected chi connectivity index (χ1v) is 6.60. The Kier molecular flexibility index (Phi) is 4.27. The molecular formula is C14H21N3O2. The van der Waals surface area contributed by atoms with E-state index in [1.165, 1.54) is 0 Å². The average Bonchev–Trinajstić information content (AvgIpc) is 2.89. The van der Waals surface area contributed by atoms with Crippen LogP contribution in [0.3, 0.4) is 0 Å². The lowest BCUT2D eigenvalue weighted by Crippen LogP contribution is -2.30. The Labute approximate surface area is 113 Å². The van der Waals surface area contributed by atoms with Gasteiger partial charge in [-0.15, -0.1) is 0 Å². The van der Waals surface area contributed by atoms with Gasteiger partial charge in [-0.3, -0.25) is 4.79 Å². The Morgan fingerprint density at radius 2 is 2.26 bits per heavy atom. The summed E-state index contributed by atoms with van der Waals surface area (Å²) in [7, 11) is 1.58. The van der Waals surface area contributed by atoms with Crippen LogP contribution in [-0.2, 0) is 4.79 Å². The number of ether oxygens (including phenoxy) is 1. The zero-order chi connectivity index (χ0) is 13.8. The summed E-state index contributed by atoms with van der Waals surface area (Å²) in [4.78, 5) is 12.3. The monoisotopic (exact) mass is 263 g/mol. The van der Waals surface area contributed by atoms with Crippen LogP contribution in [0.5, 0.6) is 5.75 Å². The molecule has 1 saturated carbocycles. The molecule has 0 unspecified atom stereocenters. The van der Waals surface area contributed by atoms with Crippen LogP contribution in [0.25, 0.3) is 0 Å². The molecule has 2 rings (SSSR count). The van der Waals surface area contributed by atoms with Crippen LogP contribution in [0.15, 0.2) is 18.2 Å². The highest BCUT2D eigenvalue weighted by atomic mass is 16.5. The maximum Gasteiger partial charge on any atom is 0.227 e. The summed E-state index contributed by atoms with van der Waals surface area (Å²) in [6, 6.07) is 5.23. The molecule has 0 aliphatic heterocycles. The van der Waals surface area contributed by atoms with E-state index in [0.29, 0.717) is 23.7 Å². The molecule has 2 atom stereocenters. The number of hydrogen-bond acceptors (Lipinski definition) is 4. The molecule has 1 aliphatic carbocycles. The van der Waals surface area contributed by atoms with Crippen molar-refractivity contribution < 1.29 is 9.53 Å². The SMILES string of the molecule is COc1ccc(N)c(NC(=O)[C@@H]2CCC[C@@H]2CN)c1. The van der Waals surface area contributed by atoms with Crippen molar-refractivity contribution >= 4 is 17.3 Å². The van der Waals surface area contributed by atoms with Crippen molar-refractivity contribution in [1.29, 1.82) is 0 Å². The Morgan fingerprint density at radius 3 is 2.95 bits per heavy atom. The van der Waals surface area contributed by atoms with E-state index in [4.69, 9.17) is 16.2 Å². The van der Waals surface area contributed by atoms with Crippen LogP contribution in [-0.4, -0.2) is 19.6 Å².